The van der Waals surface area contributed by atoms with Crippen molar-refractivity contribution in [2.45, 2.75) is 19.6 Å². The Kier molecular flexibility index (Phi) is 3.93. The van der Waals surface area contributed by atoms with Crippen LogP contribution in [0.3, 0.4) is 0 Å². The predicted octanol–water partition coefficient (Wildman–Crippen LogP) is 2.97. The highest BCUT2D eigenvalue weighted by Gasteiger charge is 2.16. The van der Waals surface area contributed by atoms with Crippen LogP contribution in [0.1, 0.15) is 24.3 Å². The number of thiazole rings is 1. The lowest BCUT2D eigenvalue weighted by molar-refractivity contribution is 0.199. The van der Waals surface area contributed by atoms with Crippen LogP contribution in [0.5, 0.6) is 0 Å². The van der Waals surface area contributed by atoms with Gasteiger partial charge in [0.05, 0.1) is 29.5 Å². The molecular formula is C13H15FN2OS. The normalized spacial score (nSPS) is 12.4. The summed E-state index contributed by atoms with van der Waals surface area (Å²) < 4.78 is 13.9. The fraction of sp³-hybridized carbons (Fsp3) is 0.308. The van der Waals surface area contributed by atoms with Crippen LogP contribution < -0.4 is 4.90 Å². The van der Waals surface area contributed by atoms with Gasteiger partial charge in [0.15, 0.2) is 0 Å². The van der Waals surface area contributed by atoms with E-state index in [2.05, 4.69) is 4.98 Å². The lowest BCUT2D eigenvalue weighted by Gasteiger charge is -2.23. The maximum atomic E-state index is 13.9. The fourth-order valence-electron chi connectivity index (χ4n) is 1.91. The third kappa shape index (κ3) is 2.68. The number of aliphatic hydroxyl groups is 1. The van der Waals surface area contributed by atoms with E-state index in [0.717, 1.165) is 5.69 Å². The van der Waals surface area contributed by atoms with Crippen molar-refractivity contribution in [3.05, 3.63) is 46.2 Å². The van der Waals surface area contributed by atoms with E-state index in [0.29, 0.717) is 17.8 Å². The molecule has 0 bridgehead atoms. The molecule has 3 nitrogen and oxygen atoms in total. The van der Waals surface area contributed by atoms with Gasteiger partial charge in [-0.15, -0.1) is 11.3 Å². The topological polar surface area (TPSA) is 36.4 Å². The number of benzene rings is 1. The second kappa shape index (κ2) is 5.46. The number of aromatic nitrogens is 1. The van der Waals surface area contributed by atoms with Crippen molar-refractivity contribution < 1.29 is 9.50 Å². The minimum Gasteiger partial charge on any atom is -0.389 e. The highest BCUT2D eigenvalue weighted by Crippen LogP contribution is 2.29. The number of hydrogen-bond donors (Lipinski definition) is 1. The Morgan fingerprint density at radius 1 is 1.50 bits per heavy atom. The molecule has 1 N–H and O–H groups in total. The van der Waals surface area contributed by atoms with Crippen molar-refractivity contribution in [3.63, 3.8) is 0 Å². The predicted molar refractivity (Wildman–Crippen MR) is 71.3 cm³/mol. The molecule has 1 aromatic carbocycles. The van der Waals surface area contributed by atoms with Crippen molar-refractivity contribution in [3.8, 4) is 0 Å². The van der Waals surface area contributed by atoms with E-state index in [1.807, 2.05) is 5.38 Å². The van der Waals surface area contributed by atoms with E-state index < -0.39 is 6.10 Å². The molecule has 0 saturated carbocycles. The van der Waals surface area contributed by atoms with E-state index in [1.165, 1.54) is 17.4 Å². The van der Waals surface area contributed by atoms with Gasteiger partial charge >= 0.3 is 0 Å². The standard InChI is InChI=1S/C13H15FN2OS/c1-9(17)11-4-3-5-12(14)13(11)16(2)6-10-7-18-8-15-10/h3-5,7-9,17H,6H2,1-2H3/t9-/m0/s1. The molecule has 0 amide bonds. The molecule has 0 aliphatic rings. The maximum Gasteiger partial charge on any atom is 0.146 e. The highest BCUT2D eigenvalue weighted by molar-refractivity contribution is 7.07. The molecule has 96 valence electrons. The second-order valence-corrected chi connectivity index (χ2v) is 4.91. The molecule has 2 aromatic rings. The van der Waals surface area contributed by atoms with Crippen LogP contribution in [-0.4, -0.2) is 17.1 Å². The molecule has 2 rings (SSSR count). The zero-order chi connectivity index (χ0) is 13.1. The molecule has 18 heavy (non-hydrogen) atoms. The van der Waals surface area contributed by atoms with Gasteiger partial charge in [0, 0.05) is 18.0 Å². The number of aliphatic hydroxyl groups excluding tert-OH is 1. The number of para-hydroxylation sites is 1. The third-order valence-corrected chi connectivity index (χ3v) is 3.37. The van der Waals surface area contributed by atoms with Crippen LogP contribution in [-0.2, 0) is 6.54 Å². The maximum absolute atomic E-state index is 13.9. The Morgan fingerprint density at radius 3 is 2.89 bits per heavy atom. The Bertz CT molecular complexity index is 514. The van der Waals surface area contributed by atoms with E-state index in [-0.39, 0.29) is 5.82 Å². The van der Waals surface area contributed by atoms with Crippen molar-refractivity contribution in [1.82, 2.24) is 4.98 Å². The number of anilines is 1. The van der Waals surface area contributed by atoms with E-state index in [4.69, 9.17) is 0 Å². The first-order chi connectivity index (χ1) is 8.59. The molecule has 1 atom stereocenters. The fourth-order valence-corrected chi connectivity index (χ4v) is 2.46. The molecule has 0 aliphatic carbocycles. The van der Waals surface area contributed by atoms with Gasteiger partial charge in [0.2, 0.25) is 0 Å². The van der Waals surface area contributed by atoms with Gasteiger partial charge < -0.3 is 10.0 Å². The number of nitrogens with zero attached hydrogens (tertiary/aromatic N) is 2. The molecule has 1 aromatic heterocycles. The summed E-state index contributed by atoms with van der Waals surface area (Å²) in [5, 5.41) is 11.6. The van der Waals surface area contributed by atoms with E-state index >= 15 is 0 Å². The SMILES string of the molecule is C[C@H](O)c1cccc(F)c1N(C)Cc1cscn1. The van der Waals surface area contributed by atoms with Gasteiger partial charge in [0.1, 0.15) is 5.82 Å². The summed E-state index contributed by atoms with van der Waals surface area (Å²) in [6, 6.07) is 4.75. The van der Waals surface area contributed by atoms with Crippen LogP contribution in [0.25, 0.3) is 0 Å². The Labute approximate surface area is 110 Å². The van der Waals surface area contributed by atoms with Crippen LogP contribution in [0, 0.1) is 5.82 Å². The van der Waals surface area contributed by atoms with Crippen LogP contribution >= 0.6 is 11.3 Å². The van der Waals surface area contributed by atoms with E-state index in [1.54, 1.807) is 36.5 Å². The highest BCUT2D eigenvalue weighted by atomic mass is 32.1. The Balaban J connectivity index is 2.31. The summed E-state index contributed by atoms with van der Waals surface area (Å²) in [5.41, 5.74) is 3.66. The van der Waals surface area contributed by atoms with Gasteiger partial charge in [0.25, 0.3) is 0 Å². The smallest absolute Gasteiger partial charge is 0.146 e. The monoisotopic (exact) mass is 266 g/mol. The van der Waals surface area contributed by atoms with Gasteiger partial charge in [-0.1, -0.05) is 12.1 Å². The number of hydrogen-bond acceptors (Lipinski definition) is 4. The van der Waals surface area contributed by atoms with Gasteiger partial charge in [-0.05, 0) is 13.0 Å². The molecule has 0 saturated heterocycles. The summed E-state index contributed by atoms with van der Waals surface area (Å²) in [5.74, 6) is -0.328. The summed E-state index contributed by atoms with van der Waals surface area (Å²) >= 11 is 1.51. The molecule has 1 heterocycles. The zero-order valence-corrected chi connectivity index (χ0v) is 11.1. The molecule has 0 aliphatic heterocycles. The number of rotatable bonds is 4. The largest absolute Gasteiger partial charge is 0.389 e. The molecule has 0 fully saturated rings. The zero-order valence-electron chi connectivity index (χ0n) is 10.3. The summed E-state index contributed by atoms with van der Waals surface area (Å²) in [6.07, 6.45) is -0.700. The molecule has 0 radical (unpaired) electrons. The molecule has 5 heteroatoms. The molecule has 0 unspecified atom stereocenters. The van der Waals surface area contributed by atoms with Crippen LogP contribution in [0.2, 0.25) is 0 Å². The minimum atomic E-state index is -0.700. The summed E-state index contributed by atoms with van der Waals surface area (Å²) in [6.45, 7) is 2.15. The lowest BCUT2D eigenvalue weighted by atomic mass is 10.1. The quantitative estimate of drug-likeness (QED) is 0.924. The first-order valence-electron chi connectivity index (χ1n) is 5.64. The molecular weight excluding hydrogens is 251 g/mol. The molecule has 0 spiro atoms. The number of halogens is 1. The minimum absolute atomic E-state index is 0.328. The third-order valence-electron chi connectivity index (χ3n) is 2.73. The van der Waals surface area contributed by atoms with Crippen molar-refractivity contribution in [1.29, 1.82) is 0 Å². The summed E-state index contributed by atoms with van der Waals surface area (Å²) in [4.78, 5) is 5.95. The lowest BCUT2D eigenvalue weighted by Crippen LogP contribution is -2.20. The van der Waals surface area contributed by atoms with E-state index in [9.17, 15) is 9.50 Å². The van der Waals surface area contributed by atoms with Crippen LogP contribution in [0.4, 0.5) is 10.1 Å². The first-order valence-corrected chi connectivity index (χ1v) is 6.58. The average molecular weight is 266 g/mol. The van der Waals surface area contributed by atoms with Crippen molar-refractivity contribution >= 4 is 17.0 Å². The Hall–Kier alpha value is -1.46. The average Bonchev–Trinajstić information content (AvgIpc) is 2.81. The van der Waals surface area contributed by atoms with Gasteiger partial charge in [-0.25, -0.2) is 9.37 Å². The van der Waals surface area contributed by atoms with Gasteiger partial charge in [-0.3, -0.25) is 0 Å². The first kappa shape index (κ1) is 13.0. The summed E-state index contributed by atoms with van der Waals surface area (Å²) in [7, 11) is 1.80. The van der Waals surface area contributed by atoms with Gasteiger partial charge in [-0.2, -0.15) is 0 Å². The van der Waals surface area contributed by atoms with Crippen molar-refractivity contribution in [2.75, 3.05) is 11.9 Å². The Morgan fingerprint density at radius 2 is 2.28 bits per heavy atom. The van der Waals surface area contributed by atoms with Crippen molar-refractivity contribution in [2.24, 2.45) is 0 Å². The second-order valence-electron chi connectivity index (χ2n) is 4.19. The van der Waals surface area contributed by atoms with Crippen LogP contribution in [0.15, 0.2) is 29.1 Å².